The monoisotopic (exact) mass is 698 g/mol. The van der Waals surface area contributed by atoms with Gasteiger partial charge in [0.25, 0.3) is 0 Å². The summed E-state index contributed by atoms with van der Waals surface area (Å²) in [6.45, 7) is 0. The molecule has 0 bridgehead atoms. The third-order valence-corrected chi connectivity index (χ3v) is 18.9. The van der Waals surface area contributed by atoms with Crippen LogP contribution >= 0.6 is 20.6 Å². The molecule has 0 aliphatic rings. The van der Waals surface area contributed by atoms with Crippen LogP contribution in [0, 0.1) is 0 Å². The van der Waals surface area contributed by atoms with Crippen LogP contribution in [0.25, 0.3) is 0 Å². The second kappa shape index (κ2) is 13.3. The van der Waals surface area contributed by atoms with Gasteiger partial charge in [0.1, 0.15) is 0 Å². The van der Waals surface area contributed by atoms with Gasteiger partial charge in [0.2, 0.25) is 0 Å². The molecule has 0 aliphatic carbocycles. The fourth-order valence-corrected chi connectivity index (χ4v) is 18.8. The number of benzene rings is 6. The SMILES string of the molecule is [F][Sb]([O]S(c1ccccc1)(c1ccccc1)c1ccccc1)[O]S(c1ccccc1)(c1ccccc1)c1ccccc1. The van der Waals surface area contributed by atoms with Crippen molar-refractivity contribution in [1.82, 2.24) is 0 Å². The average Bonchev–Trinajstić information content (AvgIpc) is 3.08. The summed E-state index contributed by atoms with van der Waals surface area (Å²) in [5.41, 5.74) is 0. The summed E-state index contributed by atoms with van der Waals surface area (Å²) in [6, 6.07) is 60.1. The van der Waals surface area contributed by atoms with Crippen LogP contribution in [0.15, 0.2) is 211 Å². The predicted molar refractivity (Wildman–Crippen MR) is 172 cm³/mol. The molecule has 0 heterocycles. The summed E-state index contributed by atoms with van der Waals surface area (Å²) in [7, 11) is -4.91. The van der Waals surface area contributed by atoms with Crippen molar-refractivity contribution < 1.29 is 7.74 Å². The Morgan fingerprint density at radius 1 is 0.310 bits per heavy atom. The first-order valence-corrected chi connectivity index (χ1v) is 19.7. The summed E-state index contributed by atoms with van der Waals surface area (Å²) < 4.78 is 31.1. The molecule has 0 aliphatic heterocycles. The molecule has 0 spiro atoms. The van der Waals surface area contributed by atoms with Gasteiger partial charge >= 0.3 is 261 Å². The van der Waals surface area contributed by atoms with E-state index in [1.165, 1.54) is 0 Å². The van der Waals surface area contributed by atoms with Gasteiger partial charge in [-0.1, -0.05) is 0 Å². The van der Waals surface area contributed by atoms with E-state index >= 15 is 2.81 Å². The summed E-state index contributed by atoms with van der Waals surface area (Å²) in [5.74, 6) is 0. The van der Waals surface area contributed by atoms with Crippen molar-refractivity contribution in [3.05, 3.63) is 182 Å². The van der Waals surface area contributed by atoms with Crippen molar-refractivity contribution in [2.45, 2.75) is 29.4 Å². The zero-order valence-corrected chi connectivity index (χ0v) is 27.0. The van der Waals surface area contributed by atoms with Gasteiger partial charge in [0.05, 0.1) is 0 Å². The van der Waals surface area contributed by atoms with E-state index in [0.717, 1.165) is 29.4 Å². The molecule has 6 aromatic carbocycles. The van der Waals surface area contributed by atoms with E-state index in [1.54, 1.807) is 0 Å². The van der Waals surface area contributed by atoms with Crippen LogP contribution < -0.4 is 0 Å². The van der Waals surface area contributed by atoms with Crippen LogP contribution in [0.5, 0.6) is 0 Å². The molecular formula is C36H30FO2S2Sb. The molecule has 0 unspecified atom stereocenters. The zero-order chi connectivity index (χ0) is 28.7. The molecule has 0 aromatic heterocycles. The van der Waals surface area contributed by atoms with Gasteiger partial charge < -0.3 is 0 Å². The van der Waals surface area contributed by atoms with Crippen molar-refractivity contribution in [1.29, 1.82) is 0 Å². The normalized spacial score (nSPS) is 12.6. The molecule has 0 amide bonds. The molecular weight excluding hydrogens is 669 g/mol. The molecule has 210 valence electrons. The first-order valence-electron chi connectivity index (χ1n) is 13.6. The maximum absolute atomic E-state index is 17.3. The molecule has 6 rings (SSSR count). The Labute approximate surface area is 259 Å². The molecule has 42 heavy (non-hydrogen) atoms. The second-order valence-electron chi connectivity index (χ2n) is 9.35. The molecule has 0 saturated carbocycles. The van der Waals surface area contributed by atoms with Crippen molar-refractivity contribution in [2.75, 3.05) is 0 Å². The molecule has 2 nitrogen and oxygen atoms in total. The van der Waals surface area contributed by atoms with Crippen LogP contribution in [0.3, 0.4) is 0 Å². The van der Waals surface area contributed by atoms with Crippen molar-refractivity contribution in [3.63, 3.8) is 0 Å². The average molecular weight is 700 g/mol. The summed E-state index contributed by atoms with van der Waals surface area (Å²) in [6.07, 6.45) is 0. The van der Waals surface area contributed by atoms with E-state index in [4.69, 9.17) is 4.92 Å². The molecule has 6 aromatic rings. The Kier molecular flexibility index (Phi) is 9.14. The van der Waals surface area contributed by atoms with Crippen molar-refractivity contribution >= 4 is 42.2 Å². The van der Waals surface area contributed by atoms with Crippen LogP contribution in [0.1, 0.15) is 0 Å². The van der Waals surface area contributed by atoms with Gasteiger partial charge in [0.15, 0.2) is 0 Å². The summed E-state index contributed by atoms with van der Waals surface area (Å²) >= 11 is -4.48. The number of rotatable bonds is 10. The molecule has 0 radical (unpaired) electrons. The van der Waals surface area contributed by atoms with Crippen LogP contribution in [0.2, 0.25) is 0 Å². The topological polar surface area (TPSA) is 18.5 Å². The van der Waals surface area contributed by atoms with Gasteiger partial charge in [0, 0.05) is 0 Å². The third kappa shape index (κ3) is 5.68. The van der Waals surface area contributed by atoms with E-state index in [0.29, 0.717) is 0 Å². The van der Waals surface area contributed by atoms with E-state index in [-0.39, 0.29) is 0 Å². The minimum atomic E-state index is -4.48. The molecule has 0 atom stereocenters. The first kappa shape index (κ1) is 28.8. The quantitative estimate of drug-likeness (QED) is 0.133. The standard InChI is InChI=1S/2C18H16OS.FH.Sb/c2*19-20(16-10-4-1-5-11-16,17-12-6-2-7-13-17)18-14-8-3-9-15-18;;/h2*1-15,19H;1H;/q;;;+3/p-3. The van der Waals surface area contributed by atoms with E-state index < -0.39 is 42.2 Å². The Balaban J connectivity index is 1.54. The Bertz CT molecular complexity index is 1360. The Morgan fingerprint density at radius 2 is 0.476 bits per heavy atom. The number of hydrogen-bond acceptors (Lipinski definition) is 2. The van der Waals surface area contributed by atoms with Gasteiger partial charge in [-0.15, -0.1) is 0 Å². The van der Waals surface area contributed by atoms with Crippen LogP contribution in [0.4, 0.5) is 2.81 Å². The zero-order valence-electron chi connectivity index (χ0n) is 22.8. The molecule has 0 saturated heterocycles. The molecule has 6 heteroatoms. The van der Waals surface area contributed by atoms with Crippen LogP contribution in [-0.2, 0) is 4.92 Å². The molecule has 0 fully saturated rings. The fraction of sp³-hybridized carbons (Fsp3) is 0. The van der Waals surface area contributed by atoms with Crippen LogP contribution in [-0.4, -0.2) is 21.6 Å². The van der Waals surface area contributed by atoms with Gasteiger partial charge in [-0.05, 0) is 0 Å². The second-order valence-corrected chi connectivity index (χ2v) is 18.5. The number of halogens is 1. The van der Waals surface area contributed by atoms with Gasteiger partial charge in [-0.2, -0.15) is 0 Å². The Morgan fingerprint density at radius 3 is 0.643 bits per heavy atom. The van der Waals surface area contributed by atoms with Gasteiger partial charge in [-0.25, -0.2) is 0 Å². The van der Waals surface area contributed by atoms with E-state index in [2.05, 4.69) is 0 Å². The fourth-order valence-electron chi connectivity index (χ4n) is 4.94. The van der Waals surface area contributed by atoms with E-state index in [9.17, 15) is 0 Å². The Hall–Kier alpha value is -3.31. The summed E-state index contributed by atoms with van der Waals surface area (Å²) in [5, 5.41) is 0. The van der Waals surface area contributed by atoms with Crippen molar-refractivity contribution in [3.8, 4) is 0 Å². The first-order chi connectivity index (χ1) is 20.7. The van der Waals surface area contributed by atoms with Gasteiger partial charge in [-0.3, -0.25) is 0 Å². The predicted octanol–water partition coefficient (Wildman–Crippen LogP) is 10.8. The summed E-state index contributed by atoms with van der Waals surface area (Å²) in [4.78, 5) is 5.57. The molecule has 0 N–H and O–H groups in total. The third-order valence-electron chi connectivity index (χ3n) is 6.79. The maximum atomic E-state index is 17.3. The minimum absolute atomic E-state index is 0.929. The van der Waals surface area contributed by atoms with E-state index in [1.807, 2.05) is 182 Å². The number of hydrogen-bond donors (Lipinski definition) is 0. The van der Waals surface area contributed by atoms with Crippen molar-refractivity contribution in [2.24, 2.45) is 0 Å².